The fourth-order valence-corrected chi connectivity index (χ4v) is 1.98. The van der Waals surface area contributed by atoms with Gasteiger partial charge in [0.2, 0.25) is 0 Å². The third kappa shape index (κ3) is 2.16. The Hall–Kier alpha value is -1.84. The van der Waals surface area contributed by atoms with Crippen LogP contribution >= 0.6 is 0 Å². The van der Waals surface area contributed by atoms with Gasteiger partial charge in [-0.05, 0) is 25.3 Å². The second kappa shape index (κ2) is 4.57. The van der Waals surface area contributed by atoms with Crippen molar-refractivity contribution in [3.63, 3.8) is 0 Å². The molecule has 0 saturated heterocycles. The van der Waals surface area contributed by atoms with Crippen LogP contribution in [-0.2, 0) is 4.74 Å². The van der Waals surface area contributed by atoms with Crippen molar-refractivity contribution in [2.75, 3.05) is 6.61 Å². The molecule has 1 aliphatic rings. The second-order valence-corrected chi connectivity index (χ2v) is 4.11. The summed E-state index contributed by atoms with van der Waals surface area (Å²) in [6, 6.07) is 0. The zero-order valence-corrected chi connectivity index (χ0v) is 10.1. The summed E-state index contributed by atoms with van der Waals surface area (Å²) >= 11 is 0. The summed E-state index contributed by atoms with van der Waals surface area (Å²) in [6.45, 7) is 8.14. The van der Waals surface area contributed by atoms with Gasteiger partial charge in [0.25, 0.3) is 5.56 Å². The average Bonchev–Trinajstić information content (AvgIpc) is 2.29. The highest BCUT2D eigenvalue weighted by Gasteiger charge is 2.19. The SMILES string of the molecule is C=C(OCC)c1nc2c(c(=O)[nH]1)C(C)CC=C2. The van der Waals surface area contributed by atoms with Gasteiger partial charge >= 0.3 is 0 Å². The van der Waals surface area contributed by atoms with Gasteiger partial charge in [0.15, 0.2) is 11.6 Å². The number of rotatable bonds is 3. The Morgan fingerprint density at radius 1 is 1.71 bits per heavy atom. The third-order valence-electron chi connectivity index (χ3n) is 2.83. The van der Waals surface area contributed by atoms with Crippen LogP contribution in [0.2, 0.25) is 0 Å². The number of hydrogen-bond acceptors (Lipinski definition) is 3. The normalized spacial score (nSPS) is 17.6. The molecule has 0 bridgehead atoms. The highest BCUT2D eigenvalue weighted by Crippen LogP contribution is 2.25. The molecule has 1 unspecified atom stereocenters. The van der Waals surface area contributed by atoms with Crippen LogP contribution in [-0.4, -0.2) is 16.6 Å². The second-order valence-electron chi connectivity index (χ2n) is 4.11. The molecule has 1 heterocycles. The maximum absolute atomic E-state index is 12.0. The summed E-state index contributed by atoms with van der Waals surface area (Å²) < 4.78 is 5.25. The van der Waals surface area contributed by atoms with Crippen LogP contribution in [0, 0.1) is 0 Å². The molecule has 1 N–H and O–H groups in total. The van der Waals surface area contributed by atoms with E-state index in [0.29, 0.717) is 18.2 Å². The molecule has 0 saturated carbocycles. The van der Waals surface area contributed by atoms with Crippen molar-refractivity contribution < 1.29 is 4.74 Å². The molecule has 0 aromatic carbocycles. The molecule has 4 nitrogen and oxygen atoms in total. The van der Waals surface area contributed by atoms with E-state index in [1.54, 1.807) is 0 Å². The van der Waals surface area contributed by atoms with Crippen LogP contribution in [0.15, 0.2) is 17.4 Å². The molecule has 2 rings (SSSR count). The van der Waals surface area contributed by atoms with Crippen molar-refractivity contribution >= 4 is 11.8 Å². The zero-order valence-electron chi connectivity index (χ0n) is 10.1. The van der Waals surface area contributed by atoms with Crippen molar-refractivity contribution in [2.45, 2.75) is 26.2 Å². The Kier molecular flexibility index (Phi) is 3.13. The van der Waals surface area contributed by atoms with Gasteiger partial charge in [-0.25, -0.2) is 4.98 Å². The highest BCUT2D eigenvalue weighted by atomic mass is 16.5. The Morgan fingerprint density at radius 2 is 2.47 bits per heavy atom. The average molecular weight is 232 g/mol. The summed E-state index contributed by atoms with van der Waals surface area (Å²) in [4.78, 5) is 19.1. The Labute approximate surface area is 100 Å². The first-order valence-electron chi connectivity index (χ1n) is 5.76. The molecule has 1 aliphatic carbocycles. The Bertz CT molecular complexity index is 529. The van der Waals surface area contributed by atoms with Crippen LogP contribution in [0.3, 0.4) is 0 Å². The topological polar surface area (TPSA) is 55.0 Å². The lowest BCUT2D eigenvalue weighted by Crippen LogP contribution is -2.22. The largest absolute Gasteiger partial charge is 0.491 e. The van der Waals surface area contributed by atoms with E-state index < -0.39 is 0 Å². The fourth-order valence-electron chi connectivity index (χ4n) is 1.98. The van der Waals surface area contributed by atoms with E-state index in [1.165, 1.54) is 0 Å². The number of aromatic amines is 1. The van der Waals surface area contributed by atoms with E-state index in [9.17, 15) is 4.79 Å². The molecule has 0 radical (unpaired) electrons. The van der Waals surface area contributed by atoms with Crippen molar-refractivity contribution in [3.05, 3.63) is 40.1 Å². The molecule has 90 valence electrons. The minimum absolute atomic E-state index is 0.0947. The maximum Gasteiger partial charge on any atom is 0.255 e. The van der Waals surface area contributed by atoms with E-state index in [0.717, 1.165) is 17.7 Å². The first-order valence-corrected chi connectivity index (χ1v) is 5.76. The summed E-state index contributed by atoms with van der Waals surface area (Å²) in [5, 5.41) is 0. The molecule has 0 amide bonds. The van der Waals surface area contributed by atoms with Crippen molar-refractivity contribution in [1.29, 1.82) is 0 Å². The Balaban J connectivity index is 2.49. The summed E-state index contributed by atoms with van der Waals surface area (Å²) in [6.07, 6.45) is 4.80. The van der Waals surface area contributed by atoms with E-state index in [2.05, 4.69) is 16.5 Å². The number of ether oxygens (including phenoxy) is 1. The molecule has 17 heavy (non-hydrogen) atoms. The monoisotopic (exact) mass is 232 g/mol. The zero-order chi connectivity index (χ0) is 12.4. The van der Waals surface area contributed by atoms with Crippen LogP contribution in [0.25, 0.3) is 11.8 Å². The standard InChI is InChI=1S/C13H16N2O2/c1-4-17-9(3)12-14-10-7-5-6-8(2)11(10)13(16)15-12/h5,7-8H,3-4,6H2,1-2H3,(H,14,15,16). The lowest BCUT2D eigenvalue weighted by molar-refractivity contribution is 0.296. The molecule has 1 aromatic rings. The lowest BCUT2D eigenvalue weighted by Gasteiger charge is -2.16. The van der Waals surface area contributed by atoms with Gasteiger partial charge in [0.1, 0.15) is 0 Å². The first-order chi connectivity index (χ1) is 8.13. The van der Waals surface area contributed by atoms with Gasteiger partial charge in [-0.15, -0.1) is 0 Å². The Morgan fingerprint density at radius 3 is 3.18 bits per heavy atom. The van der Waals surface area contributed by atoms with E-state index in [4.69, 9.17) is 4.74 Å². The fraction of sp³-hybridized carbons (Fsp3) is 0.385. The van der Waals surface area contributed by atoms with Crippen molar-refractivity contribution in [1.82, 2.24) is 9.97 Å². The molecule has 4 heteroatoms. The minimum atomic E-state index is -0.0947. The first kappa shape index (κ1) is 11.6. The third-order valence-corrected chi connectivity index (χ3v) is 2.83. The molecule has 1 aromatic heterocycles. The molecule has 0 aliphatic heterocycles. The highest BCUT2D eigenvalue weighted by molar-refractivity contribution is 5.57. The molecular formula is C13H16N2O2. The van der Waals surface area contributed by atoms with Crippen LogP contribution < -0.4 is 5.56 Å². The molecule has 1 atom stereocenters. The van der Waals surface area contributed by atoms with Gasteiger partial charge in [0.05, 0.1) is 12.3 Å². The maximum atomic E-state index is 12.0. The smallest absolute Gasteiger partial charge is 0.255 e. The summed E-state index contributed by atoms with van der Waals surface area (Å²) in [7, 11) is 0. The van der Waals surface area contributed by atoms with E-state index in [1.807, 2.05) is 26.0 Å². The van der Waals surface area contributed by atoms with Crippen LogP contribution in [0.4, 0.5) is 0 Å². The number of aromatic nitrogens is 2. The minimum Gasteiger partial charge on any atom is -0.491 e. The summed E-state index contributed by atoms with van der Waals surface area (Å²) in [5.41, 5.74) is 1.38. The van der Waals surface area contributed by atoms with Gasteiger partial charge in [-0.1, -0.05) is 19.6 Å². The lowest BCUT2D eigenvalue weighted by atomic mass is 9.92. The van der Waals surface area contributed by atoms with Crippen LogP contribution in [0.1, 0.15) is 43.3 Å². The number of nitrogens with one attached hydrogen (secondary N) is 1. The number of allylic oxidation sites excluding steroid dienone is 1. The van der Waals surface area contributed by atoms with Crippen LogP contribution in [0.5, 0.6) is 0 Å². The van der Waals surface area contributed by atoms with Gasteiger partial charge in [0, 0.05) is 5.56 Å². The predicted molar refractivity (Wildman–Crippen MR) is 67.6 cm³/mol. The molecule has 0 fully saturated rings. The summed E-state index contributed by atoms with van der Waals surface area (Å²) in [5.74, 6) is 1.02. The van der Waals surface area contributed by atoms with Gasteiger partial charge < -0.3 is 9.72 Å². The molecule has 0 spiro atoms. The van der Waals surface area contributed by atoms with Crippen molar-refractivity contribution in [3.8, 4) is 0 Å². The van der Waals surface area contributed by atoms with E-state index in [-0.39, 0.29) is 11.5 Å². The van der Waals surface area contributed by atoms with Gasteiger partial charge in [-0.3, -0.25) is 4.79 Å². The number of H-pyrrole nitrogens is 1. The number of fused-ring (bicyclic) bond motifs is 1. The molecular weight excluding hydrogens is 216 g/mol. The predicted octanol–water partition coefficient (Wildman–Crippen LogP) is 2.30. The van der Waals surface area contributed by atoms with E-state index >= 15 is 0 Å². The number of hydrogen-bond donors (Lipinski definition) is 1. The van der Waals surface area contributed by atoms with Crippen molar-refractivity contribution in [2.24, 2.45) is 0 Å². The number of nitrogens with zero attached hydrogens (tertiary/aromatic N) is 1. The quantitative estimate of drug-likeness (QED) is 0.813. The van der Waals surface area contributed by atoms with Gasteiger partial charge in [-0.2, -0.15) is 0 Å².